The Hall–Kier alpha value is -1.29. The van der Waals surface area contributed by atoms with Gasteiger partial charge in [-0.2, -0.15) is 0 Å². The van der Waals surface area contributed by atoms with Crippen molar-refractivity contribution in [3.63, 3.8) is 0 Å². The van der Waals surface area contributed by atoms with Gasteiger partial charge >= 0.3 is 0 Å². The van der Waals surface area contributed by atoms with Crippen molar-refractivity contribution in [2.24, 2.45) is 7.05 Å². The number of hydrogen-bond acceptors (Lipinski definition) is 2. The second kappa shape index (κ2) is 4.81. The Balaban J connectivity index is 2.73. The molecule has 76 valence electrons. The van der Waals surface area contributed by atoms with E-state index in [2.05, 4.69) is 5.32 Å². The first-order valence-electron chi connectivity index (χ1n) is 4.16. The third-order valence-corrected chi connectivity index (χ3v) is 1.88. The van der Waals surface area contributed by atoms with Crippen LogP contribution in [0.3, 0.4) is 0 Å². The van der Waals surface area contributed by atoms with Crippen molar-refractivity contribution in [2.45, 2.75) is 6.42 Å². The number of halogens is 1. The molecule has 1 amide bonds. The number of pyridine rings is 1. The van der Waals surface area contributed by atoms with E-state index in [1.54, 1.807) is 19.3 Å². The van der Waals surface area contributed by atoms with Gasteiger partial charge in [0.2, 0.25) is 11.5 Å². The van der Waals surface area contributed by atoms with Crippen molar-refractivity contribution in [1.82, 2.24) is 4.57 Å². The summed E-state index contributed by atoms with van der Waals surface area (Å²) in [5, 5.41) is 2.63. The molecule has 14 heavy (non-hydrogen) atoms. The maximum Gasteiger partial charge on any atom is 0.250 e. The average molecular weight is 215 g/mol. The van der Waals surface area contributed by atoms with Crippen LogP contribution in [0.25, 0.3) is 0 Å². The maximum atomic E-state index is 11.1. The van der Waals surface area contributed by atoms with E-state index in [-0.39, 0.29) is 23.8 Å². The minimum Gasteiger partial charge on any atom is -0.325 e. The Bertz CT molecular complexity index is 387. The number of hydrogen-bond donors (Lipinski definition) is 1. The maximum absolute atomic E-state index is 11.1. The number of nitrogens with one attached hydrogen (secondary N) is 1. The zero-order valence-electron chi connectivity index (χ0n) is 7.79. The minimum atomic E-state index is -0.154. The molecule has 0 saturated heterocycles. The summed E-state index contributed by atoms with van der Waals surface area (Å²) in [6, 6.07) is 2.96. The summed E-state index contributed by atoms with van der Waals surface area (Å²) >= 11 is 5.40. The first-order chi connectivity index (χ1) is 6.63. The number of alkyl halides is 1. The summed E-state index contributed by atoms with van der Waals surface area (Å²) in [4.78, 5) is 22.1. The molecule has 1 rings (SSSR count). The molecule has 0 aliphatic rings. The summed E-state index contributed by atoms with van der Waals surface area (Å²) in [6.07, 6.45) is 1.83. The third kappa shape index (κ3) is 2.88. The highest BCUT2D eigenvalue weighted by atomic mass is 35.5. The molecule has 0 atom stereocenters. The number of anilines is 1. The molecule has 0 spiro atoms. The van der Waals surface area contributed by atoms with Crippen LogP contribution >= 0.6 is 11.6 Å². The fraction of sp³-hybridized carbons (Fsp3) is 0.333. The molecule has 0 aliphatic heterocycles. The molecular weight excluding hydrogens is 204 g/mol. The largest absolute Gasteiger partial charge is 0.325 e. The van der Waals surface area contributed by atoms with Gasteiger partial charge in [-0.05, 0) is 6.07 Å². The van der Waals surface area contributed by atoms with Crippen LogP contribution in [0.1, 0.15) is 6.42 Å². The van der Waals surface area contributed by atoms with Crippen LogP contribution in [-0.2, 0) is 11.8 Å². The molecule has 0 saturated carbocycles. The number of rotatable bonds is 3. The lowest BCUT2D eigenvalue weighted by Crippen LogP contribution is -2.17. The highest BCUT2D eigenvalue weighted by molar-refractivity contribution is 6.19. The fourth-order valence-electron chi connectivity index (χ4n) is 0.977. The molecule has 1 aromatic heterocycles. The first kappa shape index (κ1) is 10.8. The minimum absolute atomic E-state index is 0.111. The lowest BCUT2D eigenvalue weighted by atomic mass is 10.3. The normalized spacial score (nSPS) is 9.86. The van der Waals surface area contributed by atoms with E-state index in [1.165, 1.54) is 10.6 Å². The standard InChI is InChI=1S/C9H11ClN2O2/c1-12-6-7(2-3-9(12)14)11-8(13)4-5-10/h2-3,6H,4-5H2,1H3,(H,11,13). The van der Waals surface area contributed by atoms with Crippen molar-refractivity contribution in [3.05, 3.63) is 28.7 Å². The monoisotopic (exact) mass is 214 g/mol. The average Bonchev–Trinajstić information content (AvgIpc) is 2.12. The van der Waals surface area contributed by atoms with Crippen molar-refractivity contribution >= 4 is 23.2 Å². The van der Waals surface area contributed by atoms with Crippen LogP contribution < -0.4 is 10.9 Å². The molecule has 0 radical (unpaired) electrons. The van der Waals surface area contributed by atoms with Crippen molar-refractivity contribution in [3.8, 4) is 0 Å². The molecule has 5 heteroatoms. The first-order valence-corrected chi connectivity index (χ1v) is 4.69. The zero-order valence-corrected chi connectivity index (χ0v) is 8.54. The predicted molar refractivity (Wildman–Crippen MR) is 55.6 cm³/mol. The highest BCUT2D eigenvalue weighted by Gasteiger charge is 2.01. The third-order valence-electron chi connectivity index (χ3n) is 1.69. The summed E-state index contributed by atoms with van der Waals surface area (Å²) in [5.74, 6) is 0.135. The van der Waals surface area contributed by atoms with E-state index in [0.717, 1.165) is 0 Å². The molecule has 0 fully saturated rings. The molecule has 0 unspecified atom stereocenters. The Kier molecular flexibility index (Phi) is 3.71. The number of aryl methyl sites for hydroxylation is 1. The van der Waals surface area contributed by atoms with Crippen LogP contribution in [-0.4, -0.2) is 16.4 Å². The van der Waals surface area contributed by atoms with Crippen LogP contribution in [0.15, 0.2) is 23.1 Å². The van der Waals surface area contributed by atoms with E-state index in [0.29, 0.717) is 5.69 Å². The number of amides is 1. The van der Waals surface area contributed by atoms with Gasteiger partial charge in [-0.15, -0.1) is 11.6 Å². The molecular formula is C9H11ClN2O2. The van der Waals surface area contributed by atoms with Crippen molar-refractivity contribution in [1.29, 1.82) is 0 Å². The van der Waals surface area contributed by atoms with E-state index in [4.69, 9.17) is 11.6 Å². The summed E-state index contributed by atoms with van der Waals surface area (Å²) in [7, 11) is 1.62. The summed E-state index contributed by atoms with van der Waals surface area (Å²) in [6.45, 7) is 0. The Morgan fingerprint density at radius 2 is 2.29 bits per heavy atom. The van der Waals surface area contributed by atoms with E-state index < -0.39 is 0 Å². The highest BCUT2D eigenvalue weighted by Crippen LogP contribution is 2.03. The number of carbonyl (C=O) groups excluding carboxylic acids is 1. The summed E-state index contributed by atoms with van der Waals surface area (Å²) < 4.78 is 1.40. The van der Waals surface area contributed by atoms with E-state index >= 15 is 0 Å². The number of carbonyl (C=O) groups is 1. The van der Waals surface area contributed by atoms with E-state index in [9.17, 15) is 9.59 Å². The molecule has 0 aliphatic carbocycles. The Labute approximate surface area is 86.5 Å². The van der Waals surface area contributed by atoms with Gasteiger partial charge in [-0.25, -0.2) is 0 Å². The van der Waals surface area contributed by atoms with Crippen molar-refractivity contribution in [2.75, 3.05) is 11.2 Å². The van der Waals surface area contributed by atoms with Gasteiger partial charge in [0.15, 0.2) is 0 Å². The molecule has 4 nitrogen and oxygen atoms in total. The second-order valence-corrected chi connectivity index (χ2v) is 3.23. The van der Waals surface area contributed by atoms with Crippen LogP contribution in [0.2, 0.25) is 0 Å². The van der Waals surface area contributed by atoms with E-state index in [1.807, 2.05) is 0 Å². The predicted octanol–water partition coefficient (Wildman–Crippen LogP) is 0.953. The number of aromatic nitrogens is 1. The van der Waals surface area contributed by atoms with Gasteiger partial charge in [-0.3, -0.25) is 9.59 Å². The van der Waals surface area contributed by atoms with Crippen LogP contribution in [0, 0.1) is 0 Å². The lowest BCUT2D eigenvalue weighted by Gasteiger charge is -2.04. The molecule has 1 heterocycles. The van der Waals surface area contributed by atoms with Gasteiger partial charge in [0.05, 0.1) is 5.69 Å². The van der Waals surface area contributed by atoms with Gasteiger partial charge in [0.1, 0.15) is 0 Å². The molecule has 0 aromatic carbocycles. The Morgan fingerprint density at radius 1 is 1.57 bits per heavy atom. The topological polar surface area (TPSA) is 51.1 Å². The van der Waals surface area contributed by atoms with Gasteiger partial charge in [0, 0.05) is 31.6 Å². The van der Waals surface area contributed by atoms with Gasteiger partial charge in [-0.1, -0.05) is 0 Å². The van der Waals surface area contributed by atoms with Crippen molar-refractivity contribution < 1.29 is 4.79 Å². The van der Waals surface area contributed by atoms with Gasteiger partial charge in [0.25, 0.3) is 0 Å². The Morgan fingerprint density at radius 3 is 2.86 bits per heavy atom. The summed E-state index contributed by atoms with van der Waals surface area (Å²) in [5.41, 5.74) is 0.488. The van der Waals surface area contributed by atoms with Gasteiger partial charge < -0.3 is 9.88 Å². The lowest BCUT2D eigenvalue weighted by molar-refractivity contribution is -0.115. The molecule has 0 bridgehead atoms. The van der Waals surface area contributed by atoms with Crippen LogP contribution in [0.5, 0.6) is 0 Å². The quantitative estimate of drug-likeness (QED) is 0.762. The van der Waals surface area contributed by atoms with Crippen LogP contribution in [0.4, 0.5) is 5.69 Å². The smallest absolute Gasteiger partial charge is 0.250 e. The second-order valence-electron chi connectivity index (χ2n) is 2.85. The fourth-order valence-corrected chi connectivity index (χ4v) is 1.15. The SMILES string of the molecule is Cn1cc(NC(=O)CCCl)ccc1=O. The number of nitrogens with zero attached hydrogens (tertiary/aromatic N) is 1. The molecule has 1 N–H and O–H groups in total. The molecule has 1 aromatic rings. The zero-order chi connectivity index (χ0) is 10.6.